The van der Waals surface area contributed by atoms with Crippen LogP contribution in [0.3, 0.4) is 0 Å². The van der Waals surface area contributed by atoms with E-state index in [4.69, 9.17) is 21.4 Å². The van der Waals surface area contributed by atoms with Gasteiger partial charge in [0.25, 0.3) is 0 Å². The Morgan fingerprint density at radius 2 is 1.58 bits per heavy atom. The number of carbonyl (C=O) groups is 1. The molecule has 0 radical (unpaired) electrons. The summed E-state index contributed by atoms with van der Waals surface area (Å²) >= 11 is 6.06. The SMILES string of the molecule is O=C(O)c1ccc(Oc2ccc(Nc3ccccc3)cc2)c(Cl)c1. The molecule has 0 aliphatic heterocycles. The zero-order valence-corrected chi connectivity index (χ0v) is 13.3. The summed E-state index contributed by atoms with van der Waals surface area (Å²) in [7, 11) is 0. The van der Waals surface area contributed by atoms with Gasteiger partial charge in [0.15, 0.2) is 0 Å². The number of carboxylic acids is 1. The summed E-state index contributed by atoms with van der Waals surface area (Å²) in [5, 5.41) is 12.5. The minimum atomic E-state index is -1.03. The smallest absolute Gasteiger partial charge is 0.335 e. The first kappa shape index (κ1) is 15.9. The van der Waals surface area contributed by atoms with Crippen molar-refractivity contribution >= 4 is 28.9 Å². The van der Waals surface area contributed by atoms with Gasteiger partial charge in [-0.15, -0.1) is 0 Å². The highest BCUT2D eigenvalue weighted by Crippen LogP contribution is 2.31. The van der Waals surface area contributed by atoms with Crippen molar-refractivity contribution in [2.75, 3.05) is 5.32 Å². The van der Waals surface area contributed by atoms with Crippen LogP contribution in [-0.4, -0.2) is 11.1 Å². The first-order valence-corrected chi connectivity index (χ1v) is 7.62. The molecule has 4 nitrogen and oxygen atoms in total. The summed E-state index contributed by atoms with van der Waals surface area (Å²) in [6.45, 7) is 0. The Kier molecular flexibility index (Phi) is 4.68. The number of benzene rings is 3. The van der Waals surface area contributed by atoms with E-state index in [-0.39, 0.29) is 10.6 Å². The van der Waals surface area contributed by atoms with Crippen LogP contribution in [0, 0.1) is 0 Å². The van der Waals surface area contributed by atoms with Crippen molar-refractivity contribution < 1.29 is 14.6 Å². The third kappa shape index (κ3) is 3.86. The Labute approximate surface area is 144 Å². The molecule has 0 spiro atoms. The molecule has 0 saturated carbocycles. The van der Waals surface area contributed by atoms with Crippen molar-refractivity contribution in [3.05, 3.63) is 83.4 Å². The van der Waals surface area contributed by atoms with Gasteiger partial charge in [-0.2, -0.15) is 0 Å². The molecule has 3 aromatic rings. The van der Waals surface area contributed by atoms with E-state index in [0.717, 1.165) is 11.4 Å². The Hall–Kier alpha value is -2.98. The predicted molar refractivity (Wildman–Crippen MR) is 94.7 cm³/mol. The fourth-order valence-electron chi connectivity index (χ4n) is 2.14. The summed E-state index contributed by atoms with van der Waals surface area (Å²) in [6.07, 6.45) is 0. The minimum Gasteiger partial charge on any atom is -0.478 e. The van der Waals surface area contributed by atoms with Crippen LogP contribution in [0.2, 0.25) is 5.02 Å². The molecule has 0 aliphatic carbocycles. The van der Waals surface area contributed by atoms with Crippen molar-refractivity contribution in [2.45, 2.75) is 0 Å². The van der Waals surface area contributed by atoms with E-state index >= 15 is 0 Å². The summed E-state index contributed by atoms with van der Waals surface area (Å²) in [4.78, 5) is 10.9. The molecule has 0 saturated heterocycles. The highest BCUT2D eigenvalue weighted by atomic mass is 35.5. The van der Waals surface area contributed by atoms with Gasteiger partial charge < -0.3 is 15.2 Å². The number of rotatable bonds is 5. The zero-order chi connectivity index (χ0) is 16.9. The maximum Gasteiger partial charge on any atom is 0.335 e. The molecule has 0 fully saturated rings. The number of aromatic carboxylic acids is 1. The lowest BCUT2D eigenvalue weighted by Gasteiger charge is -2.10. The van der Waals surface area contributed by atoms with E-state index in [0.29, 0.717) is 11.5 Å². The van der Waals surface area contributed by atoms with E-state index in [2.05, 4.69) is 5.32 Å². The molecule has 5 heteroatoms. The van der Waals surface area contributed by atoms with Gasteiger partial charge in [0.2, 0.25) is 0 Å². The standard InChI is InChI=1S/C19H14ClNO3/c20-17-12-13(19(22)23)6-11-18(17)24-16-9-7-15(8-10-16)21-14-4-2-1-3-5-14/h1-12,21H,(H,22,23). The number of hydrogen-bond acceptors (Lipinski definition) is 3. The van der Waals surface area contributed by atoms with Crippen LogP contribution in [-0.2, 0) is 0 Å². The summed E-state index contributed by atoms with van der Waals surface area (Å²) in [5.41, 5.74) is 2.05. The molecular weight excluding hydrogens is 326 g/mol. The van der Waals surface area contributed by atoms with Crippen molar-refractivity contribution in [2.24, 2.45) is 0 Å². The average Bonchev–Trinajstić information content (AvgIpc) is 2.59. The fourth-order valence-corrected chi connectivity index (χ4v) is 2.36. The number of nitrogens with one attached hydrogen (secondary N) is 1. The molecular formula is C19H14ClNO3. The van der Waals surface area contributed by atoms with Crippen LogP contribution in [0.5, 0.6) is 11.5 Å². The lowest BCUT2D eigenvalue weighted by atomic mass is 10.2. The third-order valence-corrected chi connectivity index (χ3v) is 3.62. The van der Waals surface area contributed by atoms with E-state index in [1.807, 2.05) is 54.6 Å². The molecule has 0 heterocycles. The van der Waals surface area contributed by atoms with Crippen LogP contribution in [0.4, 0.5) is 11.4 Å². The van der Waals surface area contributed by atoms with Crippen molar-refractivity contribution in [3.8, 4) is 11.5 Å². The van der Waals surface area contributed by atoms with Crippen LogP contribution in [0.15, 0.2) is 72.8 Å². The number of ether oxygens (including phenoxy) is 1. The van der Waals surface area contributed by atoms with Crippen LogP contribution >= 0.6 is 11.6 Å². The highest BCUT2D eigenvalue weighted by Gasteiger charge is 2.08. The van der Waals surface area contributed by atoms with Gasteiger partial charge in [0, 0.05) is 11.4 Å². The third-order valence-electron chi connectivity index (χ3n) is 3.32. The molecule has 0 amide bonds. The van der Waals surface area contributed by atoms with E-state index in [9.17, 15) is 4.79 Å². The second kappa shape index (κ2) is 7.06. The quantitative estimate of drug-likeness (QED) is 0.637. The monoisotopic (exact) mass is 339 g/mol. The molecule has 0 atom stereocenters. The molecule has 0 aromatic heterocycles. The van der Waals surface area contributed by atoms with Crippen molar-refractivity contribution in [1.82, 2.24) is 0 Å². The van der Waals surface area contributed by atoms with Gasteiger partial charge in [-0.3, -0.25) is 0 Å². The van der Waals surface area contributed by atoms with Crippen LogP contribution in [0.25, 0.3) is 0 Å². The molecule has 0 aliphatic rings. The summed E-state index contributed by atoms with van der Waals surface area (Å²) < 4.78 is 5.70. The van der Waals surface area contributed by atoms with E-state index in [1.54, 1.807) is 6.07 Å². The topological polar surface area (TPSA) is 58.6 Å². The summed E-state index contributed by atoms with van der Waals surface area (Å²) in [5.74, 6) is -0.0104. The van der Waals surface area contributed by atoms with Crippen LogP contribution in [0.1, 0.15) is 10.4 Å². The molecule has 24 heavy (non-hydrogen) atoms. The normalized spacial score (nSPS) is 10.2. The van der Waals surface area contributed by atoms with Gasteiger partial charge in [-0.25, -0.2) is 4.79 Å². The Balaban J connectivity index is 1.71. The second-order valence-electron chi connectivity index (χ2n) is 5.07. The van der Waals surface area contributed by atoms with Crippen molar-refractivity contribution in [3.63, 3.8) is 0 Å². The van der Waals surface area contributed by atoms with Crippen molar-refractivity contribution in [1.29, 1.82) is 0 Å². The predicted octanol–water partition coefficient (Wildman–Crippen LogP) is 5.57. The lowest BCUT2D eigenvalue weighted by molar-refractivity contribution is 0.0697. The Bertz CT molecular complexity index is 848. The molecule has 0 unspecified atom stereocenters. The largest absolute Gasteiger partial charge is 0.478 e. The van der Waals surface area contributed by atoms with Gasteiger partial charge in [0.05, 0.1) is 10.6 Å². The number of hydrogen-bond donors (Lipinski definition) is 2. The zero-order valence-electron chi connectivity index (χ0n) is 12.6. The van der Waals surface area contributed by atoms with E-state index < -0.39 is 5.97 Å². The van der Waals surface area contributed by atoms with Gasteiger partial charge in [-0.05, 0) is 54.6 Å². The molecule has 3 rings (SSSR count). The Morgan fingerprint density at radius 3 is 2.21 bits per heavy atom. The fraction of sp³-hybridized carbons (Fsp3) is 0. The minimum absolute atomic E-state index is 0.120. The number of halogens is 1. The van der Waals surface area contributed by atoms with Gasteiger partial charge >= 0.3 is 5.97 Å². The lowest BCUT2D eigenvalue weighted by Crippen LogP contribution is -1.96. The molecule has 120 valence electrons. The highest BCUT2D eigenvalue weighted by molar-refractivity contribution is 6.32. The Morgan fingerprint density at radius 1 is 0.917 bits per heavy atom. The number of carboxylic acid groups (broad SMARTS) is 1. The van der Waals surface area contributed by atoms with E-state index in [1.165, 1.54) is 12.1 Å². The molecule has 0 bridgehead atoms. The molecule has 3 aromatic carbocycles. The second-order valence-corrected chi connectivity index (χ2v) is 5.48. The maximum atomic E-state index is 10.9. The van der Waals surface area contributed by atoms with Gasteiger partial charge in [-0.1, -0.05) is 29.8 Å². The molecule has 2 N–H and O–H groups in total. The summed E-state index contributed by atoms with van der Waals surface area (Å²) in [6, 6.07) is 21.6. The van der Waals surface area contributed by atoms with Crippen LogP contribution < -0.4 is 10.1 Å². The number of para-hydroxylation sites is 1. The average molecular weight is 340 g/mol. The number of anilines is 2. The van der Waals surface area contributed by atoms with Gasteiger partial charge in [0.1, 0.15) is 11.5 Å². The maximum absolute atomic E-state index is 10.9. The first-order chi connectivity index (χ1) is 11.6. The first-order valence-electron chi connectivity index (χ1n) is 7.25.